The molecular formula is C26H29ClIN3O4. The molecule has 35 heavy (non-hydrogen) atoms. The number of aryl methyl sites for hydroxylation is 1. The lowest BCUT2D eigenvalue weighted by molar-refractivity contribution is -0.138. The monoisotopic (exact) mass is 609 g/mol. The number of ether oxygens (including phenoxy) is 2. The second kappa shape index (κ2) is 13.9. The van der Waals surface area contributed by atoms with Gasteiger partial charge in [-0.15, -0.1) is 12.4 Å². The van der Waals surface area contributed by atoms with E-state index in [2.05, 4.69) is 27.9 Å². The van der Waals surface area contributed by atoms with Crippen LogP contribution >= 0.6 is 35.0 Å². The van der Waals surface area contributed by atoms with E-state index in [0.717, 1.165) is 14.7 Å². The molecule has 0 aliphatic rings. The number of hydrogen-bond donors (Lipinski definition) is 4. The van der Waals surface area contributed by atoms with Gasteiger partial charge in [0.2, 0.25) is 0 Å². The summed E-state index contributed by atoms with van der Waals surface area (Å²) in [5, 5.41) is 20.6. The molecule has 5 N–H and O–H groups in total. The Kier molecular flexibility index (Phi) is 11.3. The first-order chi connectivity index (χ1) is 16.4. The van der Waals surface area contributed by atoms with Gasteiger partial charge in [0.05, 0.1) is 13.2 Å². The van der Waals surface area contributed by atoms with E-state index >= 15 is 0 Å². The Morgan fingerprint density at radius 2 is 1.80 bits per heavy atom. The minimum atomic E-state index is -1.02. The number of carboxylic acids is 1. The van der Waals surface area contributed by atoms with E-state index in [0.29, 0.717) is 48.8 Å². The summed E-state index contributed by atoms with van der Waals surface area (Å²) in [6.07, 6.45) is 0.698. The van der Waals surface area contributed by atoms with Crippen LogP contribution in [-0.4, -0.2) is 30.1 Å². The van der Waals surface area contributed by atoms with E-state index in [-0.39, 0.29) is 18.2 Å². The van der Waals surface area contributed by atoms with Gasteiger partial charge in [0.15, 0.2) is 6.04 Å². The molecule has 0 radical (unpaired) electrons. The number of halogens is 2. The van der Waals surface area contributed by atoms with Crippen molar-refractivity contribution in [3.05, 3.63) is 92.6 Å². The molecule has 3 aromatic carbocycles. The highest BCUT2D eigenvalue weighted by atomic mass is 127. The number of carboxylic acid groups (broad SMARTS) is 1. The number of nitrogens with one attached hydrogen (secondary N) is 2. The molecule has 0 amide bonds. The molecule has 0 aliphatic carbocycles. The maximum absolute atomic E-state index is 12.3. The molecule has 3 aromatic rings. The minimum absolute atomic E-state index is 0. The van der Waals surface area contributed by atoms with Crippen molar-refractivity contribution in [1.29, 1.82) is 5.41 Å². The topological polar surface area (TPSA) is 118 Å². The number of aliphatic carboxylic acids is 1. The first-order valence-electron chi connectivity index (χ1n) is 10.9. The zero-order chi connectivity index (χ0) is 24.5. The lowest BCUT2D eigenvalue weighted by Crippen LogP contribution is -2.22. The van der Waals surface area contributed by atoms with Crippen molar-refractivity contribution < 1.29 is 19.4 Å². The summed E-state index contributed by atoms with van der Waals surface area (Å²) >= 11 is 2.19. The van der Waals surface area contributed by atoms with Gasteiger partial charge in [-0.3, -0.25) is 5.41 Å². The number of nitrogens with two attached hydrogens (primary N) is 1. The summed E-state index contributed by atoms with van der Waals surface area (Å²) in [5.74, 6) is -0.506. The highest BCUT2D eigenvalue weighted by molar-refractivity contribution is 14.1. The SMILES string of the molecule is CCc1cc(I)cc(C(Nc2ccc(C(=N)N)cc2)C(=O)O)c1OCCOCc1ccccc1.Cl. The highest BCUT2D eigenvalue weighted by Crippen LogP contribution is 2.34. The standard InChI is InChI=1S/C26H28IN3O4.ClH/c1-2-18-14-20(27)15-22(24(18)34-13-12-33-16-17-6-4-3-5-7-17)23(26(31)32)30-21-10-8-19(9-11-21)25(28)29;/h3-11,14-15,23,30H,2,12-13,16H2,1H3,(H3,28,29)(H,31,32);1H. The number of nitrogen functional groups attached to an aromatic ring is 1. The van der Waals surface area contributed by atoms with Gasteiger partial charge in [0.25, 0.3) is 0 Å². The molecule has 0 aromatic heterocycles. The molecule has 9 heteroatoms. The van der Waals surface area contributed by atoms with Crippen molar-refractivity contribution in [2.45, 2.75) is 26.0 Å². The van der Waals surface area contributed by atoms with Crippen LogP contribution in [0.15, 0.2) is 66.7 Å². The summed E-state index contributed by atoms with van der Waals surface area (Å²) in [4.78, 5) is 12.3. The third-order valence-electron chi connectivity index (χ3n) is 5.19. The molecule has 0 spiro atoms. The van der Waals surface area contributed by atoms with Crippen LogP contribution in [0, 0.1) is 8.98 Å². The summed E-state index contributed by atoms with van der Waals surface area (Å²) in [6, 6.07) is 19.5. The van der Waals surface area contributed by atoms with E-state index in [9.17, 15) is 9.90 Å². The average molecular weight is 610 g/mol. The van der Waals surface area contributed by atoms with E-state index < -0.39 is 12.0 Å². The van der Waals surface area contributed by atoms with Crippen molar-refractivity contribution in [2.24, 2.45) is 5.73 Å². The molecule has 1 atom stereocenters. The van der Waals surface area contributed by atoms with Crippen molar-refractivity contribution in [3.63, 3.8) is 0 Å². The number of hydrogen-bond acceptors (Lipinski definition) is 5. The van der Waals surface area contributed by atoms with Gasteiger partial charge in [-0.2, -0.15) is 0 Å². The molecule has 0 saturated heterocycles. The molecule has 0 saturated carbocycles. The van der Waals surface area contributed by atoms with Gasteiger partial charge in [0.1, 0.15) is 18.2 Å². The van der Waals surface area contributed by atoms with Crippen LogP contribution in [-0.2, 0) is 22.6 Å². The fourth-order valence-electron chi connectivity index (χ4n) is 3.48. The van der Waals surface area contributed by atoms with Crippen molar-refractivity contribution in [2.75, 3.05) is 18.5 Å². The first-order valence-corrected chi connectivity index (χ1v) is 12.0. The highest BCUT2D eigenvalue weighted by Gasteiger charge is 2.26. The van der Waals surface area contributed by atoms with Crippen molar-refractivity contribution in [1.82, 2.24) is 0 Å². The number of benzene rings is 3. The molecule has 0 bridgehead atoms. The van der Waals surface area contributed by atoms with Crippen LogP contribution in [0.4, 0.5) is 5.69 Å². The van der Waals surface area contributed by atoms with Crippen LogP contribution in [0.1, 0.15) is 35.2 Å². The summed E-state index contributed by atoms with van der Waals surface area (Å²) in [5.41, 5.74) is 9.25. The van der Waals surface area contributed by atoms with Gasteiger partial charge >= 0.3 is 5.97 Å². The normalized spacial score (nSPS) is 11.3. The van der Waals surface area contributed by atoms with Gasteiger partial charge in [-0.25, -0.2) is 4.79 Å². The zero-order valence-electron chi connectivity index (χ0n) is 19.3. The molecule has 1 unspecified atom stereocenters. The molecule has 3 rings (SSSR count). The van der Waals surface area contributed by atoms with Crippen LogP contribution in [0.2, 0.25) is 0 Å². The quantitative estimate of drug-likeness (QED) is 0.0947. The van der Waals surface area contributed by atoms with Crippen molar-refractivity contribution >= 4 is 52.5 Å². The lowest BCUT2D eigenvalue weighted by Gasteiger charge is -2.22. The molecular weight excluding hydrogens is 581 g/mol. The van der Waals surface area contributed by atoms with Gasteiger partial charge in [-0.1, -0.05) is 37.3 Å². The largest absolute Gasteiger partial charge is 0.491 e. The Bertz CT molecular complexity index is 1130. The molecule has 7 nitrogen and oxygen atoms in total. The average Bonchev–Trinajstić information content (AvgIpc) is 2.83. The molecule has 0 heterocycles. The van der Waals surface area contributed by atoms with Crippen LogP contribution < -0.4 is 15.8 Å². The summed E-state index contributed by atoms with van der Waals surface area (Å²) in [7, 11) is 0. The molecule has 186 valence electrons. The molecule has 0 aliphatic heterocycles. The Morgan fingerprint density at radius 1 is 1.11 bits per heavy atom. The lowest BCUT2D eigenvalue weighted by atomic mass is 10.00. The van der Waals surface area contributed by atoms with Gasteiger partial charge in [0, 0.05) is 20.4 Å². The van der Waals surface area contributed by atoms with Crippen LogP contribution in [0.25, 0.3) is 0 Å². The van der Waals surface area contributed by atoms with Gasteiger partial charge in [-0.05, 0) is 76.5 Å². The first kappa shape index (κ1) is 28.4. The predicted molar refractivity (Wildman–Crippen MR) is 149 cm³/mol. The van der Waals surface area contributed by atoms with E-state index in [1.165, 1.54) is 0 Å². The van der Waals surface area contributed by atoms with Crippen LogP contribution in [0.3, 0.4) is 0 Å². The van der Waals surface area contributed by atoms with E-state index in [1.54, 1.807) is 24.3 Å². The zero-order valence-corrected chi connectivity index (χ0v) is 22.3. The second-order valence-electron chi connectivity index (χ2n) is 7.63. The number of anilines is 1. The second-order valence-corrected chi connectivity index (χ2v) is 8.88. The van der Waals surface area contributed by atoms with E-state index in [4.69, 9.17) is 20.6 Å². The number of rotatable bonds is 12. The Hall–Kier alpha value is -2.82. The fourth-order valence-corrected chi connectivity index (χ4v) is 4.19. The maximum atomic E-state index is 12.3. The Morgan fingerprint density at radius 3 is 2.40 bits per heavy atom. The van der Waals surface area contributed by atoms with Crippen LogP contribution in [0.5, 0.6) is 5.75 Å². The summed E-state index contributed by atoms with van der Waals surface area (Å²) in [6.45, 7) is 3.17. The summed E-state index contributed by atoms with van der Waals surface area (Å²) < 4.78 is 12.7. The molecule has 0 fully saturated rings. The predicted octanol–water partition coefficient (Wildman–Crippen LogP) is 5.39. The third kappa shape index (κ3) is 8.12. The third-order valence-corrected chi connectivity index (χ3v) is 5.81. The Balaban J connectivity index is 0.00000432. The number of amidine groups is 1. The smallest absolute Gasteiger partial charge is 0.330 e. The minimum Gasteiger partial charge on any atom is -0.491 e. The van der Waals surface area contributed by atoms with Gasteiger partial charge < -0.3 is 25.6 Å². The number of carbonyl (C=O) groups is 1. The van der Waals surface area contributed by atoms with E-state index in [1.807, 2.05) is 49.4 Å². The maximum Gasteiger partial charge on any atom is 0.330 e. The Labute approximate surface area is 225 Å². The van der Waals surface area contributed by atoms with Crippen molar-refractivity contribution in [3.8, 4) is 5.75 Å². The fraction of sp³-hybridized carbons (Fsp3) is 0.231.